The summed E-state index contributed by atoms with van der Waals surface area (Å²) in [6.45, 7) is 0.664. The van der Waals surface area contributed by atoms with E-state index in [-0.39, 0.29) is 11.9 Å². The maximum absolute atomic E-state index is 11.8. The van der Waals surface area contributed by atoms with E-state index in [1.807, 2.05) is 4.90 Å². The fraction of sp³-hybridized carbons (Fsp3) is 0.500. The van der Waals surface area contributed by atoms with E-state index in [0.717, 1.165) is 12.1 Å². The lowest BCUT2D eigenvalue weighted by atomic mass is 9.91. The van der Waals surface area contributed by atoms with Crippen LogP contribution in [0, 0.1) is 0 Å². The smallest absolute Gasteiger partial charge is 0.228 e. The summed E-state index contributed by atoms with van der Waals surface area (Å²) in [7, 11) is 0. The van der Waals surface area contributed by atoms with Crippen LogP contribution >= 0.6 is 0 Å². The largest absolute Gasteiger partial charge is 0.326 e. The quantitative estimate of drug-likeness (QED) is 0.797. The molecule has 1 aliphatic carbocycles. The van der Waals surface area contributed by atoms with Gasteiger partial charge < -0.3 is 10.6 Å². The maximum atomic E-state index is 11.8. The van der Waals surface area contributed by atoms with Crippen LogP contribution in [0.5, 0.6) is 0 Å². The van der Waals surface area contributed by atoms with Crippen molar-refractivity contribution in [1.29, 1.82) is 0 Å². The Labute approximate surface area is 102 Å². The lowest BCUT2D eigenvalue weighted by Crippen LogP contribution is -2.28. The predicted octanol–water partition coefficient (Wildman–Crippen LogP) is 1.63. The number of carbonyl (C=O) groups excluding carboxylic acids is 1. The number of carbonyl (C=O) groups is 1. The van der Waals surface area contributed by atoms with Gasteiger partial charge in [-0.05, 0) is 48.9 Å². The summed E-state index contributed by atoms with van der Waals surface area (Å²) in [5.74, 6) is 0.160. The number of rotatable bonds is 1. The fourth-order valence-corrected chi connectivity index (χ4v) is 2.87. The van der Waals surface area contributed by atoms with Gasteiger partial charge in [0.05, 0.1) is 0 Å². The topological polar surface area (TPSA) is 46.3 Å². The second kappa shape index (κ2) is 4.15. The highest BCUT2D eigenvalue weighted by molar-refractivity contribution is 5.96. The van der Waals surface area contributed by atoms with E-state index in [2.05, 4.69) is 18.2 Å². The van der Waals surface area contributed by atoms with Crippen molar-refractivity contribution < 1.29 is 4.79 Å². The van der Waals surface area contributed by atoms with Crippen LogP contribution < -0.4 is 10.6 Å². The molecule has 1 fully saturated rings. The van der Waals surface area contributed by atoms with Gasteiger partial charge in [0.25, 0.3) is 0 Å². The first-order chi connectivity index (χ1) is 8.24. The predicted molar refractivity (Wildman–Crippen MR) is 68.0 cm³/mol. The van der Waals surface area contributed by atoms with Crippen LogP contribution in [-0.2, 0) is 17.6 Å². The Hall–Kier alpha value is -1.35. The van der Waals surface area contributed by atoms with Crippen LogP contribution in [0.3, 0.4) is 0 Å². The Morgan fingerprint density at radius 2 is 1.94 bits per heavy atom. The van der Waals surface area contributed by atoms with Gasteiger partial charge in [0.15, 0.2) is 0 Å². The molecule has 3 heteroatoms. The van der Waals surface area contributed by atoms with Crippen molar-refractivity contribution in [3.05, 3.63) is 29.3 Å². The van der Waals surface area contributed by atoms with E-state index >= 15 is 0 Å². The standard InChI is InChI=1S/C14H18N2O/c15-12-8-14(17)16(9-12)13-6-5-10-3-1-2-4-11(10)7-13/h5-7,12H,1-4,8-9,15H2. The summed E-state index contributed by atoms with van der Waals surface area (Å²) < 4.78 is 0. The third kappa shape index (κ3) is 1.95. The lowest BCUT2D eigenvalue weighted by molar-refractivity contribution is -0.117. The van der Waals surface area contributed by atoms with Gasteiger partial charge in [-0.3, -0.25) is 4.79 Å². The first-order valence-corrected chi connectivity index (χ1v) is 6.42. The maximum Gasteiger partial charge on any atom is 0.228 e. The molecular weight excluding hydrogens is 212 g/mol. The molecule has 0 spiro atoms. The molecular formula is C14H18N2O. The van der Waals surface area contributed by atoms with Gasteiger partial charge in [0.2, 0.25) is 5.91 Å². The van der Waals surface area contributed by atoms with Crippen molar-refractivity contribution in [1.82, 2.24) is 0 Å². The molecule has 1 heterocycles. The summed E-state index contributed by atoms with van der Waals surface area (Å²) in [5, 5.41) is 0. The molecule has 3 nitrogen and oxygen atoms in total. The van der Waals surface area contributed by atoms with Gasteiger partial charge in [0.1, 0.15) is 0 Å². The van der Waals surface area contributed by atoms with Gasteiger partial charge in [-0.25, -0.2) is 0 Å². The van der Waals surface area contributed by atoms with Crippen LogP contribution in [-0.4, -0.2) is 18.5 Å². The van der Waals surface area contributed by atoms with E-state index in [4.69, 9.17) is 5.73 Å². The number of fused-ring (bicyclic) bond motifs is 1. The number of aryl methyl sites for hydroxylation is 2. The molecule has 1 unspecified atom stereocenters. The Bertz CT molecular complexity index is 456. The zero-order valence-electron chi connectivity index (χ0n) is 9.98. The number of nitrogens with two attached hydrogens (primary N) is 1. The molecule has 0 radical (unpaired) electrons. The lowest BCUT2D eigenvalue weighted by Gasteiger charge is -2.21. The number of hydrogen-bond donors (Lipinski definition) is 1. The average Bonchev–Trinajstić information content (AvgIpc) is 2.68. The van der Waals surface area contributed by atoms with E-state index < -0.39 is 0 Å². The van der Waals surface area contributed by atoms with E-state index in [9.17, 15) is 4.79 Å². The van der Waals surface area contributed by atoms with Crippen molar-refractivity contribution in [3.8, 4) is 0 Å². The van der Waals surface area contributed by atoms with E-state index in [1.165, 1.54) is 30.4 Å². The van der Waals surface area contributed by atoms with Crippen LogP contribution in [0.1, 0.15) is 30.4 Å². The van der Waals surface area contributed by atoms with Crippen LogP contribution in [0.25, 0.3) is 0 Å². The molecule has 1 aromatic rings. The van der Waals surface area contributed by atoms with Crippen molar-refractivity contribution >= 4 is 11.6 Å². The van der Waals surface area contributed by atoms with Gasteiger partial charge >= 0.3 is 0 Å². The molecule has 90 valence electrons. The van der Waals surface area contributed by atoms with Gasteiger partial charge in [0, 0.05) is 24.7 Å². The Morgan fingerprint density at radius 3 is 2.65 bits per heavy atom. The minimum atomic E-state index is -0.00136. The Balaban J connectivity index is 1.91. The number of anilines is 1. The Kier molecular flexibility index (Phi) is 2.63. The molecule has 0 bridgehead atoms. The summed E-state index contributed by atoms with van der Waals surface area (Å²) in [6.07, 6.45) is 5.38. The van der Waals surface area contributed by atoms with Gasteiger partial charge in [-0.15, -0.1) is 0 Å². The van der Waals surface area contributed by atoms with Crippen molar-refractivity contribution in [2.45, 2.75) is 38.1 Å². The monoisotopic (exact) mass is 230 g/mol. The number of amides is 1. The normalized spacial score (nSPS) is 23.9. The van der Waals surface area contributed by atoms with Crippen molar-refractivity contribution in [3.63, 3.8) is 0 Å². The van der Waals surface area contributed by atoms with Crippen molar-refractivity contribution in [2.24, 2.45) is 5.73 Å². The van der Waals surface area contributed by atoms with Crippen LogP contribution in [0.4, 0.5) is 5.69 Å². The number of hydrogen-bond acceptors (Lipinski definition) is 2. The van der Waals surface area contributed by atoms with Crippen molar-refractivity contribution in [2.75, 3.05) is 11.4 Å². The van der Waals surface area contributed by atoms with Crippen LogP contribution in [0.2, 0.25) is 0 Å². The molecule has 1 aromatic carbocycles. The molecule has 0 saturated carbocycles. The minimum absolute atomic E-state index is 0.00136. The third-order valence-electron chi connectivity index (χ3n) is 3.80. The van der Waals surface area contributed by atoms with Crippen LogP contribution in [0.15, 0.2) is 18.2 Å². The average molecular weight is 230 g/mol. The SMILES string of the molecule is NC1CC(=O)N(c2ccc3c(c2)CCCC3)C1. The number of benzene rings is 1. The molecule has 0 aromatic heterocycles. The zero-order chi connectivity index (χ0) is 11.8. The fourth-order valence-electron chi connectivity index (χ4n) is 2.87. The highest BCUT2D eigenvalue weighted by Crippen LogP contribution is 2.28. The minimum Gasteiger partial charge on any atom is -0.326 e. The Morgan fingerprint density at radius 1 is 1.18 bits per heavy atom. The molecule has 1 aliphatic heterocycles. The molecule has 3 rings (SSSR count). The van der Waals surface area contributed by atoms with Gasteiger partial charge in [-0.1, -0.05) is 6.07 Å². The third-order valence-corrected chi connectivity index (χ3v) is 3.80. The molecule has 17 heavy (non-hydrogen) atoms. The molecule has 2 aliphatic rings. The first-order valence-electron chi connectivity index (χ1n) is 6.42. The summed E-state index contributed by atoms with van der Waals surface area (Å²) in [4.78, 5) is 13.6. The van der Waals surface area contributed by atoms with Gasteiger partial charge in [-0.2, -0.15) is 0 Å². The van der Waals surface area contributed by atoms with E-state index in [0.29, 0.717) is 13.0 Å². The van der Waals surface area contributed by atoms with E-state index in [1.54, 1.807) is 0 Å². The molecule has 2 N–H and O–H groups in total. The molecule has 1 amide bonds. The second-order valence-corrected chi connectivity index (χ2v) is 5.13. The second-order valence-electron chi connectivity index (χ2n) is 5.13. The summed E-state index contributed by atoms with van der Waals surface area (Å²) in [6, 6.07) is 6.43. The highest BCUT2D eigenvalue weighted by Gasteiger charge is 2.28. The zero-order valence-corrected chi connectivity index (χ0v) is 9.98. The molecule has 1 atom stereocenters. The summed E-state index contributed by atoms with van der Waals surface area (Å²) >= 11 is 0. The first kappa shape index (κ1) is 10.8. The highest BCUT2D eigenvalue weighted by atomic mass is 16.2. The molecule has 1 saturated heterocycles. The number of nitrogens with zero attached hydrogens (tertiary/aromatic N) is 1. The summed E-state index contributed by atoms with van der Waals surface area (Å²) in [5.41, 5.74) is 9.73.